The summed E-state index contributed by atoms with van der Waals surface area (Å²) >= 11 is 6.34. The van der Waals surface area contributed by atoms with E-state index >= 15 is 0 Å². The molecule has 9 heteroatoms. The first-order valence-electron chi connectivity index (χ1n) is 11.8. The molecule has 0 saturated carbocycles. The molecule has 2 aromatic heterocycles. The number of aryl methyl sites for hydroxylation is 2. The molecule has 0 fully saturated rings. The van der Waals surface area contributed by atoms with Crippen LogP contribution >= 0.6 is 39.0 Å². The third-order valence-electron chi connectivity index (χ3n) is 6.17. The fourth-order valence-corrected chi connectivity index (χ4v) is 7.17. The van der Waals surface area contributed by atoms with E-state index in [9.17, 15) is 9.59 Å². The molecule has 1 aliphatic rings. The van der Waals surface area contributed by atoms with Crippen molar-refractivity contribution in [3.8, 4) is 17.2 Å². The standard InChI is InChI=1S/C27H25BrN2O4S2/c1-3-34-18-11-9-17(10-12-18)30-26(32)24-19-6-4-5-7-23(19)36-25(24)29-27(30)35-15-21(31)16-8-13-22(33-2)20(28)14-16/h8-14H,3-7,15H2,1-2H3. The molecule has 0 spiro atoms. The third-order valence-corrected chi connectivity index (χ3v) is 8.91. The molecule has 0 atom stereocenters. The lowest BCUT2D eigenvalue weighted by Crippen LogP contribution is -2.22. The van der Waals surface area contributed by atoms with Crippen molar-refractivity contribution in [2.45, 2.75) is 37.8 Å². The van der Waals surface area contributed by atoms with E-state index < -0.39 is 0 Å². The van der Waals surface area contributed by atoms with Crippen LogP contribution in [0.1, 0.15) is 40.6 Å². The quantitative estimate of drug-likeness (QED) is 0.134. The molecule has 2 aromatic carbocycles. The number of aromatic nitrogens is 2. The largest absolute Gasteiger partial charge is 0.496 e. The van der Waals surface area contributed by atoms with Gasteiger partial charge in [0.05, 0.1) is 35.0 Å². The van der Waals surface area contributed by atoms with Crippen molar-refractivity contribution >= 4 is 55.0 Å². The molecule has 36 heavy (non-hydrogen) atoms. The number of methoxy groups -OCH3 is 1. The Morgan fingerprint density at radius 2 is 1.94 bits per heavy atom. The number of thioether (sulfide) groups is 1. The van der Waals surface area contributed by atoms with Crippen LogP contribution in [-0.2, 0) is 12.8 Å². The molecule has 2 heterocycles. The number of hydrogen-bond acceptors (Lipinski definition) is 7. The van der Waals surface area contributed by atoms with Gasteiger partial charge in [-0.2, -0.15) is 0 Å². The zero-order chi connectivity index (χ0) is 25.2. The molecule has 4 aromatic rings. The number of halogens is 1. The maximum Gasteiger partial charge on any atom is 0.267 e. The fraction of sp³-hybridized carbons (Fsp3) is 0.296. The fourth-order valence-electron chi connectivity index (χ4n) is 4.42. The van der Waals surface area contributed by atoms with E-state index in [-0.39, 0.29) is 17.1 Å². The van der Waals surface area contributed by atoms with Gasteiger partial charge in [-0.05, 0) is 96.6 Å². The summed E-state index contributed by atoms with van der Waals surface area (Å²) in [6, 6.07) is 12.7. The summed E-state index contributed by atoms with van der Waals surface area (Å²) in [5, 5.41) is 1.23. The minimum absolute atomic E-state index is 0.0542. The van der Waals surface area contributed by atoms with Crippen molar-refractivity contribution < 1.29 is 14.3 Å². The second-order valence-corrected chi connectivity index (χ2v) is 11.3. The van der Waals surface area contributed by atoms with E-state index in [2.05, 4.69) is 15.9 Å². The Morgan fingerprint density at radius 3 is 2.67 bits per heavy atom. The highest BCUT2D eigenvalue weighted by Gasteiger charge is 2.23. The summed E-state index contributed by atoms with van der Waals surface area (Å²) in [7, 11) is 1.59. The van der Waals surface area contributed by atoms with Crippen LogP contribution in [0, 0.1) is 0 Å². The number of Topliss-reactive ketones (excluding diaryl/α,β-unsaturated/α-hetero) is 1. The van der Waals surface area contributed by atoms with Crippen LogP contribution in [0.25, 0.3) is 15.9 Å². The molecule has 5 rings (SSSR count). The van der Waals surface area contributed by atoms with Gasteiger partial charge in [0, 0.05) is 10.4 Å². The van der Waals surface area contributed by atoms with Gasteiger partial charge in [0.2, 0.25) is 0 Å². The summed E-state index contributed by atoms with van der Waals surface area (Å²) < 4.78 is 13.2. The smallest absolute Gasteiger partial charge is 0.267 e. The van der Waals surface area contributed by atoms with Gasteiger partial charge in [0.1, 0.15) is 16.3 Å². The van der Waals surface area contributed by atoms with Gasteiger partial charge in [0.15, 0.2) is 10.9 Å². The number of ether oxygens (including phenoxy) is 2. The molecule has 1 aliphatic carbocycles. The number of carbonyl (C=O) groups excluding carboxylic acids is 1. The Bertz CT molecular complexity index is 1490. The molecule has 0 saturated heterocycles. The van der Waals surface area contributed by atoms with E-state index in [1.807, 2.05) is 31.2 Å². The van der Waals surface area contributed by atoms with Crippen LogP contribution in [-0.4, -0.2) is 34.8 Å². The van der Waals surface area contributed by atoms with Crippen molar-refractivity contribution in [2.75, 3.05) is 19.5 Å². The second-order valence-electron chi connectivity index (χ2n) is 8.41. The predicted octanol–water partition coefficient (Wildman–Crippen LogP) is 6.47. The molecule has 0 N–H and O–H groups in total. The molecule has 6 nitrogen and oxygen atoms in total. The average molecular weight is 586 g/mol. The van der Waals surface area contributed by atoms with Crippen molar-refractivity contribution in [1.82, 2.24) is 9.55 Å². The Hall–Kier alpha value is -2.62. The van der Waals surface area contributed by atoms with Crippen LogP contribution in [0.2, 0.25) is 0 Å². The number of rotatable bonds is 8. The van der Waals surface area contributed by atoms with E-state index in [1.165, 1.54) is 16.6 Å². The number of fused-ring (bicyclic) bond motifs is 3. The average Bonchev–Trinajstić information content (AvgIpc) is 3.27. The van der Waals surface area contributed by atoms with Crippen molar-refractivity contribution in [1.29, 1.82) is 0 Å². The van der Waals surface area contributed by atoms with Crippen LogP contribution in [0.3, 0.4) is 0 Å². The SMILES string of the molecule is CCOc1ccc(-n2c(SCC(=O)c3ccc(OC)c(Br)c3)nc3sc4c(c3c2=O)CCCC4)cc1. The van der Waals surface area contributed by atoms with Crippen LogP contribution in [0.4, 0.5) is 0 Å². The second kappa shape index (κ2) is 10.8. The highest BCUT2D eigenvalue weighted by molar-refractivity contribution is 9.10. The summed E-state index contributed by atoms with van der Waals surface area (Å²) in [5.74, 6) is 1.50. The molecule has 186 valence electrons. The van der Waals surface area contributed by atoms with Gasteiger partial charge < -0.3 is 9.47 Å². The highest BCUT2D eigenvalue weighted by atomic mass is 79.9. The number of carbonyl (C=O) groups is 1. The lowest BCUT2D eigenvalue weighted by atomic mass is 9.97. The maximum absolute atomic E-state index is 13.9. The molecule has 0 bridgehead atoms. The van der Waals surface area contributed by atoms with E-state index in [1.54, 1.807) is 41.2 Å². The summed E-state index contributed by atoms with van der Waals surface area (Å²) in [4.78, 5) is 33.9. The monoisotopic (exact) mass is 584 g/mol. The van der Waals surface area contributed by atoms with Gasteiger partial charge in [-0.3, -0.25) is 14.2 Å². The van der Waals surface area contributed by atoms with Crippen LogP contribution in [0.15, 0.2) is 56.9 Å². The van der Waals surface area contributed by atoms with Crippen molar-refractivity contribution in [2.24, 2.45) is 0 Å². The third kappa shape index (κ3) is 4.84. The number of benzene rings is 2. The first-order valence-corrected chi connectivity index (χ1v) is 14.4. The highest BCUT2D eigenvalue weighted by Crippen LogP contribution is 2.35. The first-order chi connectivity index (χ1) is 17.5. The Labute approximate surface area is 225 Å². The number of ketones is 1. The minimum atomic E-state index is -0.0781. The van der Waals surface area contributed by atoms with E-state index in [0.717, 1.165) is 51.7 Å². The first kappa shape index (κ1) is 25.0. The number of nitrogens with zero attached hydrogens (tertiary/aromatic N) is 2. The predicted molar refractivity (Wildman–Crippen MR) is 149 cm³/mol. The Morgan fingerprint density at radius 1 is 1.17 bits per heavy atom. The Kier molecular flexibility index (Phi) is 7.50. The van der Waals surface area contributed by atoms with Gasteiger partial charge in [-0.15, -0.1) is 11.3 Å². The topological polar surface area (TPSA) is 70.4 Å². The van der Waals surface area contributed by atoms with Crippen molar-refractivity contribution in [3.63, 3.8) is 0 Å². The lowest BCUT2D eigenvalue weighted by molar-refractivity contribution is 0.102. The molecule has 0 amide bonds. The Balaban J connectivity index is 1.55. The molecule has 0 radical (unpaired) electrons. The summed E-state index contributed by atoms with van der Waals surface area (Å²) in [5.41, 5.74) is 2.34. The zero-order valence-electron chi connectivity index (χ0n) is 20.0. The van der Waals surface area contributed by atoms with E-state index in [4.69, 9.17) is 14.5 Å². The van der Waals surface area contributed by atoms with Crippen molar-refractivity contribution in [3.05, 3.63) is 73.3 Å². The normalized spacial score (nSPS) is 13.0. The van der Waals surface area contributed by atoms with Gasteiger partial charge >= 0.3 is 0 Å². The molecule has 0 aliphatic heterocycles. The van der Waals surface area contributed by atoms with Gasteiger partial charge in [0.25, 0.3) is 5.56 Å². The number of thiophene rings is 1. The molecular weight excluding hydrogens is 560 g/mol. The molecule has 0 unspecified atom stereocenters. The number of hydrogen-bond donors (Lipinski definition) is 0. The minimum Gasteiger partial charge on any atom is -0.496 e. The summed E-state index contributed by atoms with van der Waals surface area (Å²) in [6.07, 6.45) is 4.13. The van der Waals surface area contributed by atoms with Crippen LogP contribution < -0.4 is 15.0 Å². The molecular formula is C27H25BrN2O4S2. The van der Waals surface area contributed by atoms with Gasteiger partial charge in [-0.1, -0.05) is 11.8 Å². The lowest BCUT2D eigenvalue weighted by Gasteiger charge is -2.14. The summed E-state index contributed by atoms with van der Waals surface area (Å²) in [6.45, 7) is 2.50. The zero-order valence-corrected chi connectivity index (χ0v) is 23.2. The maximum atomic E-state index is 13.9. The van der Waals surface area contributed by atoms with E-state index in [0.29, 0.717) is 28.8 Å². The van der Waals surface area contributed by atoms with Gasteiger partial charge in [-0.25, -0.2) is 4.98 Å². The van der Waals surface area contributed by atoms with Crippen LogP contribution in [0.5, 0.6) is 11.5 Å².